The Bertz CT molecular complexity index is 1780. The quantitative estimate of drug-likeness (QED) is 0.0980. The zero-order chi connectivity index (χ0) is 27.3. The normalized spacial score (nSPS) is 15.8. The highest BCUT2D eigenvalue weighted by molar-refractivity contribution is 7.99. The van der Waals surface area contributed by atoms with E-state index in [1.54, 1.807) is 16.7 Å². The number of nitro groups is 1. The van der Waals surface area contributed by atoms with Crippen LogP contribution in [-0.2, 0) is 23.0 Å². The highest BCUT2D eigenvalue weighted by Crippen LogP contribution is 2.40. The number of Topliss-reactive ketones (excluding diaryl/α,β-unsaturated/α-hetero) is 1. The number of ketones is 1. The number of hydrogen-bond donors (Lipinski definition) is 0. The van der Waals surface area contributed by atoms with Gasteiger partial charge in [0.05, 0.1) is 21.0 Å². The second-order valence-corrected chi connectivity index (χ2v) is 13.4. The van der Waals surface area contributed by atoms with Gasteiger partial charge in [-0.2, -0.15) is 4.31 Å². The first-order valence-electron chi connectivity index (χ1n) is 12.3. The summed E-state index contributed by atoms with van der Waals surface area (Å²) in [5.41, 5.74) is 1.11. The number of aromatic nitrogens is 2. The van der Waals surface area contributed by atoms with Crippen molar-refractivity contribution < 1.29 is 18.1 Å². The molecule has 1 aliphatic heterocycles. The van der Waals surface area contributed by atoms with Crippen LogP contribution in [0.5, 0.6) is 0 Å². The van der Waals surface area contributed by atoms with Crippen LogP contribution < -0.4 is 5.56 Å². The second kappa shape index (κ2) is 9.97. The molecule has 2 aromatic carbocycles. The number of nitrogens with zero attached hydrogens (tertiary/aromatic N) is 4. The minimum atomic E-state index is -3.89. The Balaban J connectivity index is 1.31. The number of benzene rings is 2. The molecule has 2 aliphatic rings. The van der Waals surface area contributed by atoms with Crippen LogP contribution in [0.2, 0.25) is 0 Å². The number of carbonyl (C=O) groups excluding carboxylic acids is 1. The number of thioether (sulfide) groups is 1. The van der Waals surface area contributed by atoms with E-state index in [4.69, 9.17) is 4.98 Å². The van der Waals surface area contributed by atoms with Crippen molar-refractivity contribution in [1.29, 1.82) is 0 Å². The molecule has 3 heterocycles. The number of carbonyl (C=O) groups is 1. The lowest BCUT2D eigenvalue weighted by Gasteiger charge is -2.26. The molecule has 6 rings (SSSR count). The van der Waals surface area contributed by atoms with Crippen molar-refractivity contribution in [2.24, 2.45) is 0 Å². The first kappa shape index (κ1) is 25.9. The molecule has 1 saturated carbocycles. The maximum Gasteiger partial charge on any atom is 0.269 e. The van der Waals surface area contributed by atoms with Crippen LogP contribution in [0.25, 0.3) is 10.2 Å². The van der Waals surface area contributed by atoms with Crippen molar-refractivity contribution in [1.82, 2.24) is 13.9 Å². The van der Waals surface area contributed by atoms with E-state index in [9.17, 15) is 28.1 Å². The molecule has 13 heteroatoms. The van der Waals surface area contributed by atoms with E-state index in [-0.39, 0.29) is 46.8 Å². The molecule has 0 N–H and O–H groups in total. The summed E-state index contributed by atoms with van der Waals surface area (Å²) in [5.74, 6) is 0.107. The third-order valence-corrected chi connectivity index (χ3v) is 10.8. The predicted octanol–water partition coefficient (Wildman–Crippen LogP) is 4.42. The number of non-ortho nitro benzene ring substituents is 1. The van der Waals surface area contributed by atoms with Crippen molar-refractivity contribution in [3.63, 3.8) is 0 Å². The Hall–Kier alpha value is -3.39. The summed E-state index contributed by atoms with van der Waals surface area (Å²) in [6, 6.07) is 13.9. The van der Waals surface area contributed by atoms with Crippen molar-refractivity contribution in [2.45, 2.75) is 41.9 Å². The molecule has 1 aliphatic carbocycles. The van der Waals surface area contributed by atoms with Gasteiger partial charge < -0.3 is 0 Å². The first-order chi connectivity index (χ1) is 18.7. The van der Waals surface area contributed by atoms with Gasteiger partial charge in [0.15, 0.2) is 10.9 Å². The average molecular weight is 583 g/mol. The molecule has 0 bridgehead atoms. The summed E-state index contributed by atoms with van der Waals surface area (Å²) in [7, 11) is -3.89. The summed E-state index contributed by atoms with van der Waals surface area (Å²) in [5, 5.41) is 12.0. The van der Waals surface area contributed by atoms with Gasteiger partial charge in [-0.05, 0) is 37.0 Å². The number of rotatable bonds is 8. The van der Waals surface area contributed by atoms with Crippen molar-refractivity contribution in [3.05, 3.63) is 91.1 Å². The molecule has 0 saturated heterocycles. The zero-order valence-electron chi connectivity index (χ0n) is 20.5. The summed E-state index contributed by atoms with van der Waals surface area (Å²) in [6.45, 7) is 0.274. The maximum absolute atomic E-state index is 13.7. The molecule has 0 atom stereocenters. The topological polar surface area (TPSA) is 132 Å². The van der Waals surface area contributed by atoms with Gasteiger partial charge in [0.2, 0.25) is 10.0 Å². The summed E-state index contributed by atoms with van der Waals surface area (Å²) in [6.07, 6.45) is 2.11. The SMILES string of the molecule is O=C(CSc1nc2sc3c(c2c(=O)n1C1CC1)CCN(S(=O)(=O)c1ccc([N+](=O)[O-])cc1)C3)c1ccccc1. The van der Waals surface area contributed by atoms with Gasteiger partial charge in [-0.1, -0.05) is 42.1 Å². The van der Waals surface area contributed by atoms with Crippen LogP contribution in [0.3, 0.4) is 0 Å². The van der Waals surface area contributed by atoms with Gasteiger partial charge in [-0.3, -0.25) is 24.3 Å². The van der Waals surface area contributed by atoms with E-state index in [0.29, 0.717) is 27.4 Å². The summed E-state index contributed by atoms with van der Waals surface area (Å²) < 4.78 is 29.6. The lowest BCUT2D eigenvalue weighted by molar-refractivity contribution is -0.384. The third-order valence-electron chi connectivity index (χ3n) is 6.86. The lowest BCUT2D eigenvalue weighted by atomic mass is 10.1. The van der Waals surface area contributed by atoms with Crippen LogP contribution in [0.1, 0.15) is 39.7 Å². The zero-order valence-corrected chi connectivity index (χ0v) is 22.9. The largest absolute Gasteiger partial charge is 0.293 e. The standard InChI is InChI=1S/C26H22N4O6S3/c31-21(16-4-2-1-3-5-16)15-37-26-27-24-23(25(32)29(26)17-6-7-17)20-12-13-28(14-22(20)38-24)39(35,36)19-10-8-18(9-11-19)30(33)34/h1-5,8-11,17H,6-7,12-15H2. The van der Waals surface area contributed by atoms with Crippen LogP contribution in [0.4, 0.5) is 5.69 Å². The van der Waals surface area contributed by atoms with Gasteiger partial charge in [0.25, 0.3) is 11.2 Å². The number of thiophene rings is 1. The van der Waals surface area contributed by atoms with Crippen molar-refractivity contribution >= 4 is 54.8 Å². The monoisotopic (exact) mass is 582 g/mol. The Morgan fingerprint density at radius 2 is 1.85 bits per heavy atom. The Morgan fingerprint density at radius 3 is 2.51 bits per heavy atom. The van der Waals surface area contributed by atoms with Gasteiger partial charge in [-0.15, -0.1) is 11.3 Å². The van der Waals surface area contributed by atoms with Gasteiger partial charge in [-0.25, -0.2) is 13.4 Å². The van der Waals surface area contributed by atoms with Crippen molar-refractivity contribution in [2.75, 3.05) is 12.3 Å². The van der Waals surface area contributed by atoms with E-state index < -0.39 is 14.9 Å². The Labute approximate surface area is 231 Å². The molecule has 10 nitrogen and oxygen atoms in total. The molecule has 0 spiro atoms. The molecule has 39 heavy (non-hydrogen) atoms. The Kier molecular flexibility index (Phi) is 6.61. The van der Waals surface area contributed by atoms with Crippen LogP contribution in [-0.4, -0.2) is 45.3 Å². The molecule has 0 unspecified atom stereocenters. The smallest absolute Gasteiger partial charge is 0.269 e. The van der Waals surface area contributed by atoms with E-state index in [1.165, 1.54) is 51.7 Å². The average Bonchev–Trinajstić information content (AvgIpc) is 3.71. The van der Waals surface area contributed by atoms with E-state index >= 15 is 0 Å². The molecular weight excluding hydrogens is 561 g/mol. The molecule has 1 fully saturated rings. The minimum Gasteiger partial charge on any atom is -0.293 e. The summed E-state index contributed by atoms with van der Waals surface area (Å²) in [4.78, 5) is 42.9. The maximum atomic E-state index is 13.7. The molecular formula is C26H22N4O6S3. The number of sulfonamides is 1. The summed E-state index contributed by atoms with van der Waals surface area (Å²) >= 11 is 2.56. The third kappa shape index (κ3) is 4.80. The van der Waals surface area contributed by atoms with Crippen LogP contribution in [0, 0.1) is 10.1 Å². The van der Waals surface area contributed by atoms with Crippen LogP contribution >= 0.6 is 23.1 Å². The minimum absolute atomic E-state index is 0.0198. The van der Waals surface area contributed by atoms with Gasteiger partial charge in [0.1, 0.15) is 4.83 Å². The highest BCUT2D eigenvalue weighted by atomic mass is 32.2. The molecule has 200 valence electrons. The van der Waals surface area contributed by atoms with E-state index in [0.717, 1.165) is 23.3 Å². The number of nitro benzene ring substituents is 1. The Morgan fingerprint density at radius 1 is 1.13 bits per heavy atom. The van der Waals surface area contributed by atoms with Crippen LogP contribution in [0.15, 0.2) is 69.4 Å². The fourth-order valence-corrected chi connectivity index (χ4v) is 8.43. The molecule has 4 aromatic rings. The molecule has 0 amide bonds. The van der Waals surface area contributed by atoms with Gasteiger partial charge >= 0.3 is 0 Å². The fraction of sp³-hybridized carbons (Fsp3) is 0.269. The highest BCUT2D eigenvalue weighted by Gasteiger charge is 2.34. The first-order valence-corrected chi connectivity index (χ1v) is 15.5. The van der Waals surface area contributed by atoms with Gasteiger partial charge in [0, 0.05) is 41.7 Å². The van der Waals surface area contributed by atoms with Crippen molar-refractivity contribution in [3.8, 4) is 0 Å². The van der Waals surface area contributed by atoms with E-state index in [2.05, 4.69) is 0 Å². The second-order valence-electron chi connectivity index (χ2n) is 9.40. The number of fused-ring (bicyclic) bond motifs is 3. The lowest BCUT2D eigenvalue weighted by Crippen LogP contribution is -2.35. The molecule has 0 radical (unpaired) electrons. The van der Waals surface area contributed by atoms with E-state index in [1.807, 2.05) is 18.2 Å². The fourth-order valence-electron chi connectivity index (χ4n) is 4.70. The number of hydrogen-bond acceptors (Lipinski definition) is 9. The molecule has 2 aromatic heterocycles. The predicted molar refractivity (Wildman–Crippen MR) is 148 cm³/mol.